The van der Waals surface area contributed by atoms with E-state index in [4.69, 9.17) is 4.74 Å². The van der Waals surface area contributed by atoms with E-state index in [-0.39, 0.29) is 17.2 Å². The molecule has 0 spiro atoms. The normalized spacial score (nSPS) is 17.9. The van der Waals surface area contributed by atoms with E-state index in [0.29, 0.717) is 11.5 Å². The molecule has 5 heteroatoms. The lowest BCUT2D eigenvalue weighted by molar-refractivity contribution is -0.124. The molecule has 0 unspecified atom stereocenters. The summed E-state index contributed by atoms with van der Waals surface area (Å²) in [4.78, 5) is 26.1. The van der Waals surface area contributed by atoms with Gasteiger partial charge in [-0.05, 0) is 48.9 Å². The van der Waals surface area contributed by atoms with Gasteiger partial charge in [-0.3, -0.25) is 14.5 Å². The molecule has 1 aromatic carbocycles. The number of hydrogen-bond acceptors (Lipinski definition) is 4. The molecule has 0 aromatic heterocycles. The van der Waals surface area contributed by atoms with Gasteiger partial charge in [-0.25, -0.2) is 0 Å². The summed E-state index contributed by atoms with van der Waals surface area (Å²) in [5, 5.41) is -0.198. The molecule has 0 radical (unpaired) electrons. The molecule has 4 nitrogen and oxygen atoms in total. The Balaban J connectivity index is 2.14. The molecule has 0 bridgehead atoms. The van der Waals surface area contributed by atoms with Crippen LogP contribution in [0.25, 0.3) is 6.08 Å². The molecular formula is C17H19NO3S. The zero-order chi connectivity index (χ0) is 16.1. The van der Waals surface area contributed by atoms with E-state index >= 15 is 0 Å². The second-order valence-corrected chi connectivity index (χ2v) is 5.97. The molecule has 1 atom stereocenters. The zero-order valence-electron chi connectivity index (χ0n) is 12.7. The number of rotatable bonds is 6. The molecule has 0 aliphatic carbocycles. The Kier molecular flexibility index (Phi) is 5.44. The fourth-order valence-corrected chi connectivity index (χ4v) is 2.94. The van der Waals surface area contributed by atoms with Crippen molar-refractivity contribution in [3.05, 3.63) is 47.4 Å². The van der Waals surface area contributed by atoms with Gasteiger partial charge < -0.3 is 4.74 Å². The Labute approximate surface area is 134 Å². The molecule has 22 heavy (non-hydrogen) atoms. The molecule has 116 valence electrons. The van der Waals surface area contributed by atoms with Gasteiger partial charge in [-0.15, -0.1) is 0 Å². The predicted molar refractivity (Wildman–Crippen MR) is 89.7 cm³/mol. The molecule has 1 aromatic rings. The van der Waals surface area contributed by atoms with Crippen molar-refractivity contribution in [3.8, 4) is 5.75 Å². The number of amides is 2. The Hall–Kier alpha value is -2.01. The number of carbonyl (C=O) groups is 2. The summed E-state index contributed by atoms with van der Waals surface area (Å²) in [5.74, 6) is 0.529. The van der Waals surface area contributed by atoms with Crippen LogP contribution >= 0.6 is 11.8 Å². The van der Waals surface area contributed by atoms with Gasteiger partial charge in [-0.2, -0.15) is 0 Å². The summed E-state index contributed by atoms with van der Waals surface area (Å²) in [6, 6.07) is 7.29. The van der Waals surface area contributed by atoms with Gasteiger partial charge in [0.2, 0.25) is 0 Å². The standard InChI is InChI=1S/C17H19NO3S/c1-4-10-21-14-8-6-13(7-9-14)11-15-16(19)18(12(3)5-2)17(20)22-15/h4,6-9,11-12H,1,5,10H2,2-3H3/b15-11+/t12-/m1/s1. The number of imide groups is 1. The van der Waals surface area contributed by atoms with E-state index in [2.05, 4.69) is 6.58 Å². The molecule has 0 saturated carbocycles. The SMILES string of the molecule is C=CCOc1ccc(/C=C2/SC(=O)N([C@H](C)CC)C2=O)cc1. The van der Waals surface area contributed by atoms with Crippen molar-refractivity contribution in [1.29, 1.82) is 0 Å². The van der Waals surface area contributed by atoms with E-state index in [1.807, 2.05) is 38.1 Å². The second-order valence-electron chi connectivity index (χ2n) is 4.98. The first kappa shape index (κ1) is 16.4. The first-order chi connectivity index (χ1) is 10.6. The van der Waals surface area contributed by atoms with Crippen LogP contribution in [0.5, 0.6) is 5.75 Å². The van der Waals surface area contributed by atoms with Crippen LogP contribution in [0.4, 0.5) is 4.79 Å². The third-order valence-electron chi connectivity index (χ3n) is 3.40. The largest absolute Gasteiger partial charge is 0.490 e. The number of thioether (sulfide) groups is 1. The third-order valence-corrected chi connectivity index (χ3v) is 4.28. The highest BCUT2D eigenvalue weighted by Crippen LogP contribution is 2.34. The van der Waals surface area contributed by atoms with Gasteiger partial charge in [0.15, 0.2) is 0 Å². The molecule has 2 amide bonds. The highest BCUT2D eigenvalue weighted by molar-refractivity contribution is 8.18. The van der Waals surface area contributed by atoms with Crippen molar-refractivity contribution in [2.45, 2.75) is 26.3 Å². The first-order valence-corrected chi connectivity index (χ1v) is 7.99. The summed E-state index contributed by atoms with van der Waals surface area (Å²) in [6.07, 6.45) is 4.17. The highest BCUT2D eigenvalue weighted by atomic mass is 32.2. The topological polar surface area (TPSA) is 46.6 Å². The van der Waals surface area contributed by atoms with Crippen molar-refractivity contribution in [3.63, 3.8) is 0 Å². The van der Waals surface area contributed by atoms with Crippen LogP contribution in [0.15, 0.2) is 41.8 Å². The van der Waals surface area contributed by atoms with Crippen molar-refractivity contribution in [2.24, 2.45) is 0 Å². The van der Waals surface area contributed by atoms with Gasteiger partial charge in [0, 0.05) is 6.04 Å². The van der Waals surface area contributed by atoms with Crippen LogP contribution in [0, 0.1) is 0 Å². The van der Waals surface area contributed by atoms with Crippen LogP contribution in [0.3, 0.4) is 0 Å². The first-order valence-electron chi connectivity index (χ1n) is 7.17. The van der Waals surface area contributed by atoms with Gasteiger partial charge in [0.05, 0.1) is 4.91 Å². The molecule has 0 N–H and O–H groups in total. The Morgan fingerprint density at radius 2 is 2.00 bits per heavy atom. The van der Waals surface area contributed by atoms with Gasteiger partial charge in [0.25, 0.3) is 11.1 Å². The molecule has 2 rings (SSSR count). The molecular weight excluding hydrogens is 298 g/mol. The minimum absolute atomic E-state index is 0.0759. The molecule has 1 heterocycles. The Morgan fingerprint density at radius 1 is 1.32 bits per heavy atom. The van der Waals surface area contributed by atoms with Crippen LogP contribution in [-0.4, -0.2) is 28.7 Å². The summed E-state index contributed by atoms with van der Waals surface area (Å²) in [5.41, 5.74) is 0.862. The summed E-state index contributed by atoms with van der Waals surface area (Å²) < 4.78 is 5.41. The lowest BCUT2D eigenvalue weighted by Gasteiger charge is -2.19. The van der Waals surface area contributed by atoms with E-state index < -0.39 is 0 Å². The molecule has 1 saturated heterocycles. The number of benzene rings is 1. The van der Waals surface area contributed by atoms with Crippen LogP contribution in [-0.2, 0) is 4.79 Å². The predicted octanol–water partition coefficient (Wildman–Crippen LogP) is 4.09. The van der Waals surface area contributed by atoms with Crippen molar-refractivity contribution >= 4 is 29.0 Å². The second kappa shape index (κ2) is 7.31. The van der Waals surface area contributed by atoms with Gasteiger partial charge in [0.1, 0.15) is 12.4 Å². The van der Waals surface area contributed by atoms with Crippen molar-refractivity contribution in [1.82, 2.24) is 4.90 Å². The average molecular weight is 317 g/mol. The average Bonchev–Trinajstić information content (AvgIpc) is 2.80. The minimum atomic E-state index is -0.212. The number of ether oxygens (including phenoxy) is 1. The summed E-state index contributed by atoms with van der Waals surface area (Å²) in [6.45, 7) is 7.88. The molecule has 1 aliphatic rings. The highest BCUT2D eigenvalue weighted by Gasteiger charge is 2.37. The van der Waals surface area contributed by atoms with Crippen LogP contribution in [0.2, 0.25) is 0 Å². The fourth-order valence-electron chi connectivity index (χ4n) is 2.01. The number of hydrogen-bond donors (Lipinski definition) is 0. The lowest BCUT2D eigenvalue weighted by Crippen LogP contribution is -2.36. The minimum Gasteiger partial charge on any atom is -0.490 e. The maximum atomic E-state index is 12.3. The molecule has 1 aliphatic heterocycles. The summed E-state index contributed by atoms with van der Waals surface area (Å²) >= 11 is 0.992. The van der Waals surface area contributed by atoms with Gasteiger partial charge in [-0.1, -0.05) is 31.7 Å². The quantitative estimate of drug-likeness (QED) is 0.586. The lowest BCUT2D eigenvalue weighted by atomic mass is 10.2. The monoisotopic (exact) mass is 317 g/mol. The Bertz CT molecular complexity index is 607. The fraction of sp³-hybridized carbons (Fsp3) is 0.294. The third kappa shape index (κ3) is 3.60. The number of nitrogens with zero attached hydrogens (tertiary/aromatic N) is 1. The maximum Gasteiger partial charge on any atom is 0.293 e. The van der Waals surface area contributed by atoms with E-state index in [1.165, 1.54) is 4.90 Å². The summed E-state index contributed by atoms with van der Waals surface area (Å²) in [7, 11) is 0. The smallest absolute Gasteiger partial charge is 0.293 e. The van der Waals surface area contributed by atoms with Crippen molar-refractivity contribution < 1.29 is 14.3 Å². The van der Waals surface area contributed by atoms with Crippen LogP contribution < -0.4 is 4.74 Å². The molecule has 1 fully saturated rings. The Morgan fingerprint density at radius 3 is 2.59 bits per heavy atom. The number of carbonyl (C=O) groups excluding carboxylic acids is 2. The maximum absolute atomic E-state index is 12.3. The van der Waals surface area contributed by atoms with Gasteiger partial charge >= 0.3 is 0 Å². The van der Waals surface area contributed by atoms with E-state index in [9.17, 15) is 9.59 Å². The zero-order valence-corrected chi connectivity index (χ0v) is 13.6. The van der Waals surface area contributed by atoms with E-state index in [1.54, 1.807) is 12.2 Å². The van der Waals surface area contributed by atoms with Crippen LogP contribution in [0.1, 0.15) is 25.8 Å². The van der Waals surface area contributed by atoms with E-state index in [0.717, 1.165) is 29.5 Å². The van der Waals surface area contributed by atoms with Crippen molar-refractivity contribution in [2.75, 3.05) is 6.61 Å².